The number of aryl methyl sites for hydroxylation is 1. The molecule has 0 aliphatic heterocycles. The van der Waals surface area contributed by atoms with E-state index >= 15 is 0 Å². The molecule has 2 heterocycles. The number of hydrogen-bond donors (Lipinski definition) is 2. The molecule has 2 aromatic rings. The molecule has 0 spiro atoms. The van der Waals surface area contributed by atoms with Crippen LogP contribution in [0.2, 0.25) is 0 Å². The van der Waals surface area contributed by atoms with E-state index in [4.69, 9.17) is 0 Å². The predicted octanol–water partition coefficient (Wildman–Crippen LogP) is 2.69. The zero-order chi connectivity index (χ0) is 18.9. The molecule has 144 valence electrons. The number of nitrogens with zero attached hydrogens (tertiary/aromatic N) is 5. The lowest BCUT2D eigenvalue weighted by atomic mass is 10.2. The molecule has 0 unspecified atom stereocenters. The van der Waals surface area contributed by atoms with Gasteiger partial charge in [0.1, 0.15) is 17.4 Å². The van der Waals surface area contributed by atoms with E-state index in [0.29, 0.717) is 19.0 Å². The molecular formula is C17H29N7S2. The lowest BCUT2D eigenvalue weighted by Crippen LogP contribution is -2.37. The fourth-order valence-corrected chi connectivity index (χ4v) is 3.50. The number of nitrogens with one attached hydrogen (secondary N) is 2. The van der Waals surface area contributed by atoms with Gasteiger partial charge in [0, 0.05) is 19.0 Å². The Morgan fingerprint density at radius 2 is 2.15 bits per heavy atom. The number of thiazole rings is 1. The third kappa shape index (κ3) is 6.28. The monoisotopic (exact) mass is 395 g/mol. The van der Waals surface area contributed by atoms with Crippen LogP contribution in [0.5, 0.6) is 0 Å². The molecule has 0 saturated heterocycles. The molecule has 0 radical (unpaired) electrons. The molecule has 0 amide bonds. The van der Waals surface area contributed by atoms with Gasteiger partial charge in [0.15, 0.2) is 11.8 Å². The maximum Gasteiger partial charge on any atom is 0.192 e. The summed E-state index contributed by atoms with van der Waals surface area (Å²) in [5.41, 5.74) is 1.15. The Hall–Kier alpha value is -1.61. The van der Waals surface area contributed by atoms with E-state index in [0.717, 1.165) is 47.0 Å². The van der Waals surface area contributed by atoms with Gasteiger partial charge >= 0.3 is 0 Å². The second-order valence-corrected chi connectivity index (χ2v) is 8.26. The molecule has 0 aliphatic rings. The average molecular weight is 396 g/mol. The molecule has 0 saturated carbocycles. The van der Waals surface area contributed by atoms with Crippen LogP contribution in [-0.4, -0.2) is 44.3 Å². The summed E-state index contributed by atoms with van der Waals surface area (Å²) in [7, 11) is 1.96. The summed E-state index contributed by atoms with van der Waals surface area (Å²) in [6, 6.07) is 0. The van der Waals surface area contributed by atoms with Crippen LogP contribution < -0.4 is 10.6 Å². The molecule has 9 heteroatoms. The Bertz CT molecular complexity index is 706. The molecule has 0 fully saturated rings. The molecule has 2 rings (SSSR count). The normalized spacial score (nSPS) is 12.0. The highest BCUT2D eigenvalue weighted by Crippen LogP contribution is 2.17. The van der Waals surface area contributed by atoms with Gasteiger partial charge in [-0.2, -0.15) is 11.8 Å². The highest BCUT2D eigenvalue weighted by molar-refractivity contribution is 7.98. The van der Waals surface area contributed by atoms with E-state index in [9.17, 15) is 0 Å². The van der Waals surface area contributed by atoms with Crippen LogP contribution in [0, 0.1) is 6.92 Å². The fraction of sp³-hybridized carbons (Fsp3) is 0.647. The lowest BCUT2D eigenvalue weighted by Gasteiger charge is -2.11. The molecular weight excluding hydrogens is 366 g/mol. The van der Waals surface area contributed by atoms with E-state index < -0.39 is 0 Å². The van der Waals surface area contributed by atoms with Crippen molar-refractivity contribution in [2.24, 2.45) is 12.0 Å². The number of guanidine groups is 1. The largest absolute Gasteiger partial charge is 0.356 e. The molecule has 7 nitrogen and oxygen atoms in total. The smallest absolute Gasteiger partial charge is 0.192 e. The van der Waals surface area contributed by atoms with Gasteiger partial charge in [0.05, 0.1) is 12.2 Å². The van der Waals surface area contributed by atoms with E-state index in [1.165, 1.54) is 0 Å². The Labute approximate surface area is 164 Å². The number of rotatable bonds is 9. The standard InChI is InChI=1S/C17H29N7S2/c1-12(2)14-11-26-16(21-14)10-20-17(18-7-6-8-25-5)19-9-15-23-22-13(3)24(15)4/h11-12H,6-10H2,1-5H3,(H2,18,19,20). The number of aromatic nitrogens is 4. The SMILES string of the molecule is CSCCCNC(=NCc1nnc(C)n1C)NCc1nc(C(C)C)cs1. The molecule has 26 heavy (non-hydrogen) atoms. The first-order valence-electron chi connectivity index (χ1n) is 8.81. The topological polar surface area (TPSA) is 80.0 Å². The van der Waals surface area contributed by atoms with Gasteiger partial charge < -0.3 is 15.2 Å². The zero-order valence-electron chi connectivity index (χ0n) is 16.2. The van der Waals surface area contributed by atoms with E-state index in [1.54, 1.807) is 11.3 Å². The molecule has 0 aromatic carbocycles. The van der Waals surface area contributed by atoms with Crippen molar-refractivity contribution in [1.29, 1.82) is 0 Å². The van der Waals surface area contributed by atoms with Crippen LogP contribution >= 0.6 is 23.1 Å². The highest BCUT2D eigenvalue weighted by atomic mass is 32.2. The van der Waals surface area contributed by atoms with Crippen molar-refractivity contribution in [1.82, 2.24) is 30.4 Å². The van der Waals surface area contributed by atoms with Crippen molar-refractivity contribution in [3.63, 3.8) is 0 Å². The summed E-state index contributed by atoms with van der Waals surface area (Å²) in [5.74, 6) is 4.11. The molecule has 2 aromatic heterocycles. The van der Waals surface area contributed by atoms with Gasteiger partial charge in [0.2, 0.25) is 0 Å². The van der Waals surface area contributed by atoms with Crippen molar-refractivity contribution >= 4 is 29.1 Å². The Balaban J connectivity index is 1.97. The van der Waals surface area contributed by atoms with Crippen LogP contribution in [0.25, 0.3) is 0 Å². The minimum Gasteiger partial charge on any atom is -0.356 e. The number of thioether (sulfide) groups is 1. The van der Waals surface area contributed by atoms with Crippen LogP contribution in [0.1, 0.15) is 48.5 Å². The van der Waals surface area contributed by atoms with Crippen LogP contribution in [0.3, 0.4) is 0 Å². The van der Waals surface area contributed by atoms with Gasteiger partial charge in [-0.1, -0.05) is 13.8 Å². The van der Waals surface area contributed by atoms with Gasteiger partial charge in [-0.15, -0.1) is 21.5 Å². The lowest BCUT2D eigenvalue weighted by molar-refractivity contribution is 0.741. The first kappa shape index (κ1) is 20.7. The highest BCUT2D eigenvalue weighted by Gasteiger charge is 2.08. The second kappa shape index (κ2) is 10.5. The summed E-state index contributed by atoms with van der Waals surface area (Å²) in [6.07, 6.45) is 3.22. The molecule has 0 bridgehead atoms. The third-order valence-corrected chi connectivity index (χ3v) is 5.51. The first-order valence-corrected chi connectivity index (χ1v) is 11.1. The first-order chi connectivity index (χ1) is 12.5. The van der Waals surface area contributed by atoms with Gasteiger partial charge in [-0.3, -0.25) is 0 Å². The van der Waals surface area contributed by atoms with Crippen molar-refractivity contribution < 1.29 is 0 Å². The van der Waals surface area contributed by atoms with Gasteiger partial charge in [0.25, 0.3) is 0 Å². The minimum atomic E-state index is 0.456. The average Bonchev–Trinajstić information content (AvgIpc) is 3.22. The Morgan fingerprint density at radius 1 is 1.35 bits per heavy atom. The van der Waals surface area contributed by atoms with Crippen molar-refractivity contribution in [3.8, 4) is 0 Å². The Kier molecular flexibility index (Phi) is 8.37. The molecule has 0 atom stereocenters. The number of hydrogen-bond acceptors (Lipinski definition) is 6. The maximum absolute atomic E-state index is 4.67. The summed E-state index contributed by atoms with van der Waals surface area (Å²) in [5, 5.41) is 18.2. The van der Waals surface area contributed by atoms with Gasteiger partial charge in [-0.25, -0.2) is 9.98 Å². The summed E-state index contributed by atoms with van der Waals surface area (Å²) >= 11 is 3.54. The van der Waals surface area contributed by atoms with E-state index in [2.05, 4.69) is 56.3 Å². The Morgan fingerprint density at radius 3 is 2.77 bits per heavy atom. The van der Waals surface area contributed by atoms with Crippen LogP contribution in [0.4, 0.5) is 0 Å². The zero-order valence-corrected chi connectivity index (χ0v) is 17.9. The van der Waals surface area contributed by atoms with Crippen LogP contribution in [0.15, 0.2) is 10.4 Å². The summed E-state index contributed by atoms with van der Waals surface area (Å²) < 4.78 is 1.96. The summed E-state index contributed by atoms with van der Waals surface area (Å²) in [4.78, 5) is 9.33. The third-order valence-electron chi connectivity index (χ3n) is 3.95. The van der Waals surface area contributed by atoms with Crippen molar-refractivity contribution in [2.75, 3.05) is 18.6 Å². The van der Waals surface area contributed by atoms with Gasteiger partial charge in [-0.05, 0) is 31.3 Å². The predicted molar refractivity (Wildman–Crippen MR) is 111 cm³/mol. The van der Waals surface area contributed by atoms with Crippen molar-refractivity contribution in [2.45, 2.75) is 46.2 Å². The number of aliphatic imine (C=N–C) groups is 1. The molecule has 2 N–H and O–H groups in total. The quantitative estimate of drug-likeness (QED) is 0.386. The summed E-state index contributed by atoms with van der Waals surface area (Å²) in [6.45, 7) is 8.31. The van der Waals surface area contributed by atoms with Crippen molar-refractivity contribution in [3.05, 3.63) is 27.7 Å². The minimum absolute atomic E-state index is 0.456. The fourth-order valence-electron chi connectivity index (χ4n) is 2.17. The molecule has 0 aliphatic carbocycles. The maximum atomic E-state index is 4.67. The van der Waals surface area contributed by atoms with E-state index in [-0.39, 0.29) is 0 Å². The van der Waals surface area contributed by atoms with E-state index in [1.807, 2.05) is 30.3 Å². The second-order valence-electron chi connectivity index (χ2n) is 6.33. The van der Waals surface area contributed by atoms with Crippen LogP contribution in [-0.2, 0) is 20.1 Å².